The van der Waals surface area contributed by atoms with Gasteiger partial charge < -0.3 is 43.9 Å². The van der Waals surface area contributed by atoms with Crippen LogP contribution in [0.4, 0.5) is 0 Å². The van der Waals surface area contributed by atoms with E-state index in [1.54, 1.807) is 27.0 Å². The summed E-state index contributed by atoms with van der Waals surface area (Å²) in [7, 11) is 4.61. The Hall–Kier alpha value is -2.78. The van der Waals surface area contributed by atoms with Crippen molar-refractivity contribution < 1.29 is 58.2 Å². The zero-order valence-electron chi connectivity index (χ0n) is 35.4. The van der Waals surface area contributed by atoms with Gasteiger partial charge in [0.1, 0.15) is 24.0 Å². The summed E-state index contributed by atoms with van der Waals surface area (Å²) in [5, 5.41) is 34.1. The van der Waals surface area contributed by atoms with E-state index in [4.69, 9.17) is 23.7 Å². The number of fused-ring (bicyclic) bond motifs is 3. The molecule has 3 heterocycles. The summed E-state index contributed by atoms with van der Waals surface area (Å²) in [5.41, 5.74) is 1.61. The summed E-state index contributed by atoms with van der Waals surface area (Å²) in [5.74, 6) is -7.76. The van der Waals surface area contributed by atoms with Crippen molar-refractivity contribution in [2.75, 3.05) is 27.9 Å². The van der Waals surface area contributed by atoms with Gasteiger partial charge in [-0.3, -0.25) is 14.4 Å². The van der Waals surface area contributed by atoms with Gasteiger partial charge in [-0.15, -0.1) is 6.58 Å². The lowest BCUT2D eigenvalue weighted by Gasteiger charge is -2.47. The highest BCUT2D eigenvalue weighted by molar-refractivity contribution is 6.39. The molecule has 1 amide bonds. The lowest BCUT2D eigenvalue weighted by molar-refractivity contribution is -0.302. The number of methoxy groups -OCH3 is 3. The number of Topliss-reactive ketones (excluding diaryl/α,β-unsaturated/α-hetero) is 2. The van der Waals surface area contributed by atoms with E-state index in [9.17, 15) is 34.5 Å². The monoisotopic (exact) mass is 803 g/mol. The average Bonchev–Trinajstić information content (AvgIpc) is 3.18. The maximum absolute atomic E-state index is 14.3. The minimum Gasteiger partial charge on any atom is -0.456 e. The molecule has 2 bridgehead atoms. The second kappa shape index (κ2) is 21.0. The van der Waals surface area contributed by atoms with Crippen molar-refractivity contribution in [3.8, 4) is 0 Å². The molecule has 0 aromatic rings. The molecule has 0 aromatic heterocycles. The van der Waals surface area contributed by atoms with E-state index >= 15 is 0 Å². The number of aliphatic hydroxyl groups excluding tert-OH is 2. The van der Waals surface area contributed by atoms with Crippen molar-refractivity contribution in [2.24, 2.45) is 29.6 Å². The molecule has 3 aliphatic heterocycles. The van der Waals surface area contributed by atoms with Crippen LogP contribution in [0.25, 0.3) is 0 Å². The van der Waals surface area contributed by atoms with Gasteiger partial charge in [0.05, 0.1) is 30.5 Å². The van der Waals surface area contributed by atoms with Crippen LogP contribution >= 0.6 is 0 Å². The number of nitrogens with zero attached hydrogens (tertiary/aromatic N) is 1. The number of ether oxygens (including phenoxy) is 5. The average molecular weight is 804 g/mol. The molecule has 1 aliphatic carbocycles. The van der Waals surface area contributed by atoms with E-state index in [-0.39, 0.29) is 49.5 Å². The number of carbonyl (C=O) groups excluding carboxylic acids is 4. The number of hydrogen-bond acceptors (Lipinski definition) is 12. The van der Waals surface area contributed by atoms with Gasteiger partial charge >= 0.3 is 5.97 Å². The number of esters is 1. The largest absolute Gasteiger partial charge is 0.456 e. The lowest BCUT2D eigenvalue weighted by Crippen LogP contribution is -2.64. The number of amides is 1. The molecule has 3 fully saturated rings. The van der Waals surface area contributed by atoms with Crippen LogP contribution in [0.15, 0.2) is 36.0 Å². The highest BCUT2D eigenvalue weighted by atomic mass is 16.7. The summed E-state index contributed by atoms with van der Waals surface area (Å²) in [6, 6.07) is -1.14. The Balaban J connectivity index is 1.78. The van der Waals surface area contributed by atoms with Crippen LogP contribution in [-0.2, 0) is 42.9 Å². The molecule has 1 saturated carbocycles. The van der Waals surface area contributed by atoms with Gasteiger partial charge in [-0.25, -0.2) is 4.79 Å². The molecule has 0 radical (unpaired) electrons. The number of carbonyl (C=O) groups is 4. The molecule has 13 heteroatoms. The Bertz CT molecular complexity index is 1480. The first kappa shape index (κ1) is 46.9. The number of rotatable bonds is 7. The molecule has 13 nitrogen and oxygen atoms in total. The van der Waals surface area contributed by atoms with Gasteiger partial charge in [0, 0.05) is 52.0 Å². The zero-order chi connectivity index (χ0) is 42.2. The Morgan fingerprint density at radius 2 is 1.60 bits per heavy atom. The van der Waals surface area contributed by atoms with Crippen molar-refractivity contribution in [3.05, 3.63) is 36.0 Å². The van der Waals surface area contributed by atoms with Gasteiger partial charge in [0.15, 0.2) is 0 Å². The third-order valence-electron chi connectivity index (χ3n) is 12.9. The molecule has 3 N–H and O–H groups in total. The topological polar surface area (TPSA) is 178 Å². The van der Waals surface area contributed by atoms with Crippen LogP contribution in [0.1, 0.15) is 105 Å². The summed E-state index contributed by atoms with van der Waals surface area (Å²) in [6.45, 7) is 13.1. The molecular formula is C44H69NO12. The van der Waals surface area contributed by atoms with Crippen molar-refractivity contribution in [1.82, 2.24) is 4.90 Å². The van der Waals surface area contributed by atoms with Crippen molar-refractivity contribution in [1.29, 1.82) is 0 Å². The molecule has 0 spiro atoms. The van der Waals surface area contributed by atoms with Crippen LogP contribution in [0, 0.1) is 29.6 Å². The highest BCUT2D eigenvalue weighted by Crippen LogP contribution is 2.39. The summed E-state index contributed by atoms with van der Waals surface area (Å²) < 4.78 is 29.7. The summed E-state index contributed by atoms with van der Waals surface area (Å²) >= 11 is 0. The Morgan fingerprint density at radius 1 is 0.930 bits per heavy atom. The van der Waals surface area contributed by atoms with Crippen molar-refractivity contribution >= 4 is 23.4 Å². The van der Waals surface area contributed by atoms with Crippen LogP contribution in [0.3, 0.4) is 0 Å². The van der Waals surface area contributed by atoms with Crippen LogP contribution < -0.4 is 0 Å². The van der Waals surface area contributed by atoms with Gasteiger partial charge in [0.25, 0.3) is 11.7 Å². The van der Waals surface area contributed by atoms with Crippen molar-refractivity contribution in [2.45, 2.75) is 160 Å². The van der Waals surface area contributed by atoms with E-state index < -0.39 is 83.9 Å². The van der Waals surface area contributed by atoms with Gasteiger partial charge in [-0.05, 0) is 95.5 Å². The fourth-order valence-electron chi connectivity index (χ4n) is 9.42. The number of hydrogen-bond donors (Lipinski definition) is 3. The second-order valence-electron chi connectivity index (χ2n) is 17.3. The number of aliphatic hydroxyl groups is 3. The second-order valence-corrected chi connectivity index (χ2v) is 17.3. The fraction of sp³-hybridized carbons (Fsp3) is 0.773. The number of piperidine rings is 1. The Labute approximate surface area is 339 Å². The fourth-order valence-corrected chi connectivity index (χ4v) is 9.42. The summed E-state index contributed by atoms with van der Waals surface area (Å²) in [6.07, 6.45) is 4.93. The first-order chi connectivity index (χ1) is 27.0. The first-order valence-corrected chi connectivity index (χ1v) is 20.9. The van der Waals surface area contributed by atoms with E-state index in [1.165, 1.54) is 19.1 Å². The quantitative estimate of drug-likeness (QED) is 0.185. The third kappa shape index (κ3) is 11.3. The standard InChI is InChI=1S/C44H69NO12/c1-10-13-31-19-25(2)18-26(3)20-37(54-8)40-38(55-9)22-28(5)44(52,57-40)41(49)42(50)45-17-12-11-14-32(45)43(51)56-39(29(6)34(47)24-35(31)48)27(4)21-30-15-16-33(46)36(23-30)53-7/h10,19,21,26,28-34,36-40,46-47,52H,1,11-18,20,22-24H2,2-9H3/b25-19+,27-21+/t26-,28+,29+,30-,31+,32-,33?,34-,36?,37-,38-,39-,40+,44+/m1/s1. The Kier molecular flexibility index (Phi) is 17.2. The van der Waals surface area contributed by atoms with Crippen molar-refractivity contribution in [3.63, 3.8) is 0 Å². The van der Waals surface area contributed by atoms with E-state index in [0.29, 0.717) is 56.9 Å². The van der Waals surface area contributed by atoms with E-state index in [1.807, 2.05) is 32.9 Å². The molecule has 57 heavy (non-hydrogen) atoms. The predicted octanol–water partition coefficient (Wildman–Crippen LogP) is 4.64. The Morgan fingerprint density at radius 3 is 2.25 bits per heavy atom. The van der Waals surface area contributed by atoms with Crippen LogP contribution in [-0.4, -0.2) is 126 Å². The molecule has 2 saturated heterocycles. The van der Waals surface area contributed by atoms with E-state index in [2.05, 4.69) is 6.58 Å². The molecule has 14 atom stereocenters. The zero-order valence-corrected chi connectivity index (χ0v) is 35.4. The van der Waals surface area contributed by atoms with E-state index in [0.717, 1.165) is 5.57 Å². The number of allylic oxidation sites excluding steroid dienone is 4. The molecule has 322 valence electrons. The smallest absolute Gasteiger partial charge is 0.329 e. The lowest BCUT2D eigenvalue weighted by atomic mass is 9.81. The molecule has 2 unspecified atom stereocenters. The minimum atomic E-state index is -2.51. The number of ketones is 2. The number of cyclic esters (lactones) is 1. The van der Waals surface area contributed by atoms with Gasteiger partial charge in [-0.1, -0.05) is 44.6 Å². The highest BCUT2D eigenvalue weighted by Gasteiger charge is 2.56. The first-order valence-electron chi connectivity index (χ1n) is 20.9. The summed E-state index contributed by atoms with van der Waals surface area (Å²) in [4.78, 5) is 57.8. The molecular weight excluding hydrogens is 734 g/mol. The molecule has 4 aliphatic rings. The van der Waals surface area contributed by atoms with Gasteiger partial charge in [-0.2, -0.15) is 0 Å². The normalized spacial score (nSPS) is 41.0. The minimum absolute atomic E-state index is 0.00988. The van der Waals surface area contributed by atoms with Crippen LogP contribution in [0.5, 0.6) is 0 Å². The maximum atomic E-state index is 14.3. The SMILES string of the molecule is C=CC[C@H]1/C=C(\C)C[C@@H](C)C[C@@H](OC)[C@@H]2O[C@](O)(C(=O)C(=O)N3CCCC[C@@H]3C(=O)O[C@H](/C(C)=C/[C@H]3CCC(O)C(OC)C3)[C@@H](C)[C@H](O)CC1=O)[C@@H](C)C[C@H]2OC. The predicted molar refractivity (Wildman–Crippen MR) is 213 cm³/mol. The third-order valence-corrected chi connectivity index (χ3v) is 12.9. The molecule has 0 aromatic carbocycles. The maximum Gasteiger partial charge on any atom is 0.329 e. The van der Waals surface area contributed by atoms with Gasteiger partial charge in [0.2, 0.25) is 5.79 Å². The molecule has 4 rings (SSSR count). The van der Waals surface area contributed by atoms with Crippen LogP contribution in [0.2, 0.25) is 0 Å².